The molecule has 0 saturated carbocycles. The Bertz CT molecular complexity index is 718. The standard InChI is InChI=1S/C16H19N3O4S/c1-11(18(2)10-13-5-4-8-24-13)16(20)17-14-7-6-12(19(21)22)9-15(14)23-3/h4-9,11H,10H2,1-3H3,(H,17,20)/p+1/t11-/m0/s1. The van der Waals surface area contributed by atoms with Gasteiger partial charge in [-0.05, 0) is 24.4 Å². The van der Waals surface area contributed by atoms with Gasteiger partial charge in [0, 0.05) is 6.07 Å². The van der Waals surface area contributed by atoms with Crippen molar-refractivity contribution in [3.63, 3.8) is 0 Å². The highest BCUT2D eigenvalue weighted by molar-refractivity contribution is 7.09. The van der Waals surface area contributed by atoms with Gasteiger partial charge in [0.05, 0.1) is 35.7 Å². The van der Waals surface area contributed by atoms with Crippen molar-refractivity contribution < 1.29 is 19.4 Å². The van der Waals surface area contributed by atoms with Gasteiger partial charge in [0.25, 0.3) is 11.6 Å². The summed E-state index contributed by atoms with van der Waals surface area (Å²) in [6.45, 7) is 2.60. The van der Waals surface area contributed by atoms with Crippen LogP contribution in [0.3, 0.4) is 0 Å². The third-order valence-electron chi connectivity index (χ3n) is 3.82. The van der Waals surface area contributed by atoms with Crippen molar-refractivity contribution in [1.82, 2.24) is 0 Å². The van der Waals surface area contributed by atoms with Crippen molar-refractivity contribution in [1.29, 1.82) is 0 Å². The molecule has 0 radical (unpaired) electrons. The molecule has 1 amide bonds. The lowest BCUT2D eigenvalue weighted by Gasteiger charge is -2.21. The predicted molar refractivity (Wildman–Crippen MR) is 92.6 cm³/mol. The summed E-state index contributed by atoms with van der Waals surface area (Å²) in [7, 11) is 3.36. The largest absolute Gasteiger partial charge is 0.494 e. The molecule has 7 nitrogen and oxygen atoms in total. The monoisotopic (exact) mass is 350 g/mol. The molecule has 1 heterocycles. The van der Waals surface area contributed by atoms with E-state index in [0.717, 1.165) is 11.4 Å². The normalized spacial score (nSPS) is 13.1. The maximum Gasteiger partial charge on any atom is 0.282 e. The van der Waals surface area contributed by atoms with Gasteiger partial charge in [0.1, 0.15) is 12.3 Å². The molecule has 1 aromatic heterocycles. The van der Waals surface area contributed by atoms with Gasteiger partial charge in [-0.25, -0.2) is 0 Å². The fraction of sp³-hybridized carbons (Fsp3) is 0.312. The lowest BCUT2D eigenvalue weighted by Crippen LogP contribution is -3.12. The van der Waals surface area contributed by atoms with Crippen molar-refractivity contribution in [2.24, 2.45) is 0 Å². The molecule has 0 fully saturated rings. The molecule has 2 atom stereocenters. The second-order valence-corrected chi connectivity index (χ2v) is 6.49. The lowest BCUT2D eigenvalue weighted by atomic mass is 10.2. The van der Waals surface area contributed by atoms with Crippen LogP contribution in [0.5, 0.6) is 5.75 Å². The van der Waals surface area contributed by atoms with Crippen LogP contribution in [0.2, 0.25) is 0 Å². The number of methoxy groups -OCH3 is 1. The lowest BCUT2D eigenvalue weighted by molar-refractivity contribution is -0.907. The van der Waals surface area contributed by atoms with E-state index < -0.39 is 4.92 Å². The zero-order valence-corrected chi connectivity index (χ0v) is 14.6. The predicted octanol–water partition coefficient (Wildman–Crippen LogP) is 1.71. The number of carbonyl (C=O) groups is 1. The number of nitro benzene ring substituents is 1. The smallest absolute Gasteiger partial charge is 0.282 e. The van der Waals surface area contributed by atoms with Gasteiger partial charge in [-0.15, -0.1) is 11.3 Å². The van der Waals surface area contributed by atoms with Crippen LogP contribution < -0.4 is 15.0 Å². The highest BCUT2D eigenvalue weighted by Crippen LogP contribution is 2.28. The summed E-state index contributed by atoms with van der Waals surface area (Å²) >= 11 is 1.66. The number of quaternary nitrogens is 1. The van der Waals surface area contributed by atoms with Gasteiger partial charge in [0.15, 0.2) is 6.04 Å². The number of hydrogen-bond donors (Lipinski definition) is 2. The van der Waals surface area contributed by atoms with E-state index in [1.54, 1.807) is 11.3 Å². The fourth-order valence-corrected chi connectivity index (χ4v) is 3.00. The van der Waals surface area contributed by atoms with E-state index in [4.69, 9.17) is 4.74 Å². The number of benzene rings is 1. The molecule has 24 heavy (non-hydrogen) atoms. The first-order valence-electron chi connectivity index (χ1n) is 7.40. The SMILES string of the molecule is COc1cc([N+](=O)[O-])ccc1NC(=O)[C@H](C)[NH+](C)Cc1cccs1. The number of anilines is 1. The maximum atomic E-state index is 12.5. The van der Waals surface area contributed by atoms with Crippen molar-refractivity contribution in [3.05, 3.63) is 50.7 Å². The molecule has 0 aliphatic heterocycles. The molecular formula is C16H20N3O4S+. The topological polar surface area (TPSA) is 85.9 Å². The Labute approximate surface area is 144 Å². The van der Waals surface area contributed by atoms with Gasteiger partial charge in [-0.3, -0.25) is 14.9 Å². The summed E-state index contributed by atoms with van der Waals surface area (Å²) in [5, 5.41) is 15.6. The average Bonchev–Trinajstić information content (AvgIpc) is 3.07. The van der Waals surface area contributed by atoms with Crippen LogP contribution in [-0.4, -0.2) is 31.0 Å². The number of nitrogens with zero attached hydrogens (tertiary/aromatic N) is 1. The molecule has 8 heteroatoms. The molecule has 2 N–H and O–H groups in total. The number of nitrogens with one attached hydrogen (secondary N) is 2. The maximum absolute atomic E-state index is 12.5. The molecule has 0 bridgehead atoms. The van der Waals surface area contributed by atoms with Gasteiger partial charge in [0.2, 0.25) is 0 Å². The Morgan fingerprint density at radius 1 is 1.46 bits per heavy atom. The minimum atomic E-state index is -0.504. The highest BCUT2D eigenvalue weighted by atomic mass is 32.1. The molecule has 1 aromatic carbocycles. The van der Waals surface area contributed by atoms with Crippen LogP contribution in [0.1, 0.15) is 11.8 Å². The van der Waals surface area contributed by atoms with E-state index in [1.807, 2.05) is 31.5 Å². The summed E-state index contributed by atoms with van der Waals surface area (Å²) in [5.74, 6) is 0.0943. The highest BCUT2D eigenvalue weighted by Gasteiger charge is 2.23. The molecule has 0 aliphatic carbocycles. The quantitative estimate of drug-likeness (QED) is 0.588. The molecule has 0 aliphatic rings. The first-order chi connectivity index (χ1) is 11.4. The molecular weight excluding hydrogens is 330 g/mol. The summed E-state index contributed by atoms with van der Waals surface area (Å²) < 4.78 is 5.14. The number of rotatable bonds is 7. The van der Waals surface area contributed by atoms with E-state index in [9.17, 15) is 14.9 Å². The van der Waals surface area contributed by atoms with Gasteiger partial charge >= 0.3 is 0 Å². The van der Waals surface area contributed by atoms with E-state index in [2.05, 4.69) is 5.32 Å². The number of likely N-dealkylation sites (N-methyl/N-ethyl adjacent to an activating group) is 1. The molecule has 1 unspecified atom stereocenters. The van der Waals surface area contributed by atoms with Crippen molar-refractivity contribution in [2.45, 2.75) is 19.5 Å². The molecule has 128 valence electrons. The van der Waals surface area contributed by atoms with Gasteiger partial charge in [-0.2, -0.15) is 0 Å². The van der Waals surface area contributed by atoms with E-state index in [0.29, 0.717) is 5.69 Å². The summed E-state index contributed by atoms with van der Waals surface area (Å²) in [6, 6.07) is 7.86. The summed E-state index contributed by atoms with van der Waals surface area (Å²) in [5.41, 5.74) is 0.335. The molecule has 0 saturated heterocycles. The zero-order chi connectivity index (χ0) is 17.7. The van der Waals surface area contributed by atoms with Crippen molar-refractivity contribution in [3.8, 4) is 5.75 Å². The number of nitro groups is 1. The van der Waals surface area contributed by atoms with Crippen LogP contribution in [0.25, 0.3) is 0 Å². The number of ether oxygens (including phenoxy) is 1. The zero-order valence-electron chi connectivity index (χ0n) is 13.7. The summed E-state index contributed by atoms with van der Waals surface area (Å²) in [6.07, 6.45) is 0. The van der Waals surface area contributed by atoms with Crippen LogP contribution in [0, 0.1) is 10.1 Å². The Balaban J connectivity index is 2.06. The van der Waals surface area contributed by atoms with E-state index >= 15 is 0 Å². The number of non-ortho nitro benzene ring substituents is 1. The minimum Gasteiger partial charge on any atom is -0.494 e. The fourth-order valence-electron chi connectivity index (χ4n) is 2.20. The number of amides is 1. The van der Waals surface area contributed by atoms with E-state index in [1.165, 1.54) is 30.2 Å². The molecule has 0 spiro atoms. The third-order valence-corrected chi connectivity index (χ3v) is 4.70. The second kappa shape index (κ2) is 7.89. The molecule has 2 aromatic rings. The Morgan fingerprint density at radius 3 is 2.79 bits per heavy atom. The van der Waals surface area contributed by atoms with E-state index in [-0.39, 0.29) is 23.4 Å². The van der Waals surface area contributed by atoms with Crippen LogP contribution in [-0.2, 0) is 11.3 Å². The second-order valence-electron chi connectivity index (χ2n) is 5.46. The molecule has 2 rings (SSSR count). The average molecular weight is 350 g/mol. The van der Waals surface area contributed by atoms with Crippen LogP contribution >= 0.6 is 11.3 Å². The van der Waals surface area contributed by atoms with Crippen molar-refractivity contribution >= 4 is 28.6 Å². The Hall–Kier alpha value is -2.45. The first-order valence-corrected chi connectivity index (χ1v) is 8.28. The number of carbonyl (C=O) groups excluding carboxylic acids is 1. The van der Waals surface area contributed by atoms with Gasteiger partial charge < -0.3 is 15.0 Å². The van der Waals surface area contributed by atoms with Crippen LogP contribution in [0.4, 0.5) is 11.4 Å². The van der Waals surface area contributed by atoms with Crippen LogP contribution in [0.15, 0.2) is 35.7 Å². The Kier molecular flexibility index (Phi) is 5.88. The summed E-state index contributed by atoms with van der Waals surface area (Å²) in [4.78, 5) is 25.0. The Morgan fingerprint density at radius 2 is 2.21 bits per heavy atom. The third kappa shape index (κ3) is 4.30. The first kappa shape index (κ1) is 17.9. The number of thiophene rings is 1. The van der Waals surface area contributed by atoms with Gasteiger partial charge in [-0.1, -0.05) is 6.07 Å². The minimum absolute atomic E-state index is 0.0849. The number of hydrogen-bond acceptors (Lipinski definition) is 5. The van der Waals surface area contributed by atoms with Crippen molar-refractivity contribution in [2.75, 3.05) is 19.5 Å².